The van der Waals surface area contributed by atoms with Gasteiger partial charge in [0.15, 0.2) is 0 Å². The molecule has 6 fully saturated rings. The lowest BCUT2D eigenvalue weighted by Gasteiger charge is -2.39. The minimum Gasteiger partial charge on any atom is -0.495 e. The van der Waals surface area contributed by atoms with Crippen LogP contribution in [0.15, 0.2) is 66.7 Å². The van der Waals surface area contributed by atoms with Crippen LogP contribution in [0, 0.1) is 37.4 Å². The minimum atomic E-state index is -0.0798. The van der Waals surface area contributed by atoms with Crippen molar-refractivity contribution in [1.29, 1.82) is 0 Å². The number of piperazine rings is 3. The highest BCUT2D eigenvalue weighted by Crippen LogP contribution is 2.31. The molecule has 10 nitrogen and oxygen atoms in total. The summed E-state index contributed by atoms with van der Waals surface area (Å²) < 4.78 is 19.6. The van der Waals surface area contributed by atoms with E-state index in [1.165, 1.54) is 167 Å². The Balaban J connectivity index is 0.000000539. The average molecular weight is 1170 g/mol. The van der Waals surface area contributed by atoms with Gasteiger partial charge in [-0.1, -0.05) is 170 Å². The molecule has 486 valence electrons. The molecule has 3 aromatic rings. The number of benzene rings is 3. The van der Waals surface area contributed by atoms with Crippen molar-refractivity contribution in [1.82, 2.24) is 35.1 Å². The number of likely N-dealkylation sites (N-methyl/N-ethyl adjacent to an activating group) is 1. The first-order valence-electron chi connectivity index (χ1n) is 34.8. The van der Waals surface area contributed by atoms with Gasteiger partial charge in [0.2, 0.25) is 0 Å². The second-order valence-electron chi connectivity index (χ2n) is 23.8. The van der Waals surface area contributed by atoms with Crippen LogP contribution >= 0.6 is 0 Å². The van der Waals surface area contributed by atoms with Crippen LogP contribution in [-0.2, 0) is 0 Å². The molecule has 0 bridgehead atoms. The van der Waals surface area contributed by atoms with Crippen LogP contribution in [0.25, 0.3) is 0 Å². The van der Waals surface area contributed by atoms with Crippen LogP contribution in [-0.4, -0.2) is 183 Å². The van der Waals surface area contributed by atoms with Crippen LogP contribution in [0.5, 0.6) is 5.75 Å². The summed E-state index contributed by atoms with van der Waals surface area (Å²) in [7, 11) is 6.12. The zero-order valence-electron chi connectivity index (χ0n) is 58.1. The Hall–Kier alpha value is -3.29. The molecule has 11 heteroatoms. The quantitative estimate of drug-likeness (QED) is 0.154. The number of aryl methyl sites for hydroxylation is 2. The lowest BCUT2D eigenvalue weighted by molar-refractivity contribution is 0.155. The SMILES string of the molecule is CC.CC.CC.CCC.CCCC(CC)CN1CCN(c2ccccc2OC)CC1.CCCCC.CN1CCNCC1.Cc1ccc(C2CCN(CC3CCNCC3)CC2)cc1.Cc1ccc(N2CCN(CC3CCN(C)CC3)CC2)c(F)c1. The van der Waals surface area contributed by atoms with E-state index in [-0.39, 0.29) is 5.82 Å². The van der Waals surface area contributed by atoms with Gasteiger partial charge < -0.3 is 39.9 Å². The van der Waals surface area contributed by atoms with E-state index >= 15 is 0 Å². The standard InChI is InChI=1S/C18H28FN3.C18H30N2O.C18H28N2.C5H12N2.C5H12.C3H8.3C2H6/c1-15-3-4-18(17(19)13-15)22-11-9-21(10-12-22)14-16-5-7-20(2)8-6-16;1-4-8-16(5-2)15-19-11-13-20(14-12-19)17-9-6-7-10-18(17)21-3;1-15-2-4-17(5-3-15)18-8-12-20(13-9-18)14-16-6-10-19-11-7-16;1-7-4-2-6-3-5-7;1-3-5-4-2;1-3-2;3*1-2/h3-4,13,16H,5-12,14H2,1-2H3;6-7,9-10,16H,4-5,8,11-15H2,1-3H3;2-5,16,18-19H,6-14H2,1H3;6H,2-5H2,1H3;3-5H2,1-2H3;3H2,1-2H3;3*1-2H3. The van der Waals surface area contributed by atoms with Gasteiger partial charge in [-0.2, -0.15) is 0 Å². The molecule has 0 spiro atoms. The maximum atomic E-state index is 14.1. The Labute approximate surface area is 520 Å². The summed E-state index contributed by atoms with van der Waals surface area (Å²) in [5.74, 6) is 4.35. The fourth-order valence-electron chi connectivity index (χ4n) is 11.8. The molecule has 1 unspecified atom stereocenters. The molecule has 6 aliphatic heterocycles. The van der Waals surface area contributed by atoms with Crippen LogP contribution in [0.2, 0.25) is 0 Å². The van der Waals surface area contributed by atoms with Gasteiger partial charge >= 0.3 is 0 Å². The monoisotopic (exact) mass is 1170 g/mol. The van der Waals surface area contributed by atoms with Gasteiger partial charge in [-0.15, -0.1) is 0 Å². The van der Waals surface area contributed by atoms with Gasteiger partial charge in [0, 0.05) is 98.2 Å². The van der Waals surface area contributed by atoms with Crippen LogP contribution in [0.1, 0.15) is 189 Å². The van der Waals surface area contributed by atoms with Gasteiger partial charge in [0.05, 0.1) is 18.5 Å². The molecular weight excluding hydrogens is 1040 g/mol. The largest absolute Gasteiger partial charge is 0.495 e. The number of halogens is 1. The van der Waals surface area contributed by atoms with Crippen molar-refractivity contribution in [3.8, 4) is 5.75 Å². The molecule has 0 amide bonds. The molecule has 6 heterocycles. The molecule has 3 aromatic carbocycles. The number of hydrogen-bond donors (Lipinski definition) is 2. The molecular formula is C73H136FN9O. The number of para-hydroxylation sites is 2. The number of piperidine rings is 3. The van der Waals surface area contributed by atoms with Gasteiger partial charge in [-0.25, -0.2) is 4.39 Å². The third-order valence-electron chi connectivity index (χ3n) is 16.9. The number of methoxy groups -OCH3 is 1. The van der Waals surface area contributed by atoms with Gasteiger partial charge in [-0.3, -0.25) is 9.80 Å². The smallest absolute Gasteiger partial charge is 0.146 e. The Morgan fingerprint density at radius 1 is 0.512 bits per heavy atom. The summed E-state index contributed by atoms with van der Waals surface area (Å²) in [6.07, 6.45) is 17.4. The lowest BCUT2D eigenvalue weighted by Crippen LogP contribution is -2.49. The van der Waals surface area contributed by atoms with Crippen molar-refractivity contribution >= 4 is 11.4 Å². The first-order chi connectivity index (χ1) is 40.9. The van der Waals surface area contributed by atoms with E-state index in [4.69, 9.17) is 4.74 Å². The number of unbranched alkanes of at least 4 members (excludes halogenated alkanes) is 2. The lowest BCUT2D eigenvalue weighted by atomic mass is 9.88. The van der Waals surface area contributed by atoms with Crippen molar-refractivity contribution < 1.29 is 9.13 Å². The van der Waals surface area contributed by atoms with Crippen molar-refractivity contribution in [2.24, 2.45) is 17.8 Å². The molecule has 6 saturated heterocycles. The summed E-state index contributed by atoms with van der Waals surface area (Å²) in [5.41, 5.74) is 5.92. The highest BCUT2D eigenvalue weighted by molar-refractivity contribution is 5.58. The predicted octanol–water partition coefficient (Wildman–Crippen LogP) is 15.6. The second-order valence-corrected chi connectivity index (χ2v) is 23.8. The number of anilines is 2. The minimum absolute atomic E-state index is 0.0798. The van der Waals surface area contributed by atoms with Crippen LogP contribution in [0.3, 0.4) is 0 Å². The van der Waals surface area contributed by atoms with Crippen LogP contribution < -0.4 is 25.2 Å². The van der Waals surface area contributed by atoms with Crippen molar-refractivity contribution in [2.45, 2.75) is 186 Å². The first kappa shape index (κ1) is 78.7. The number of nitrogens with one attached hydrogen (secondary N) is 2. The number of rotatable bonds is 15. The van der Waals surface area contributed by atoms with Gasteiger partial charge in [-0.05, 0) is 171 Å². The number of ether oxygens (including phenoxy) is 1. The topological polar surface area (TPSA) is 56.0 Å². The molecule has 1 atom stereocenters. The fourth-order valence-corrected chi connectivity index (χ4v) is 11.8. The molecule has 2 N–H and O–H groups in total. The average Bonchev–Trinajstić information content (AvgIpc) is 3.64. The van der Waals surface area contributed by atoms with Gasteiger partial charge in [0.1, 0.15) is 11.6 Å². The maximum absolute atomic E-state index is 14.1. The second kappa shape index (κ2) is 50.7. The van der Waals surface area contributed by atoms with E-state index in [0.29, 0.717) is 0 Å². The Bertz CT molecular complexity index is 1910. The van der Waals surface area contributed by atoms with E-state index in [1.807, 2.05) is 66.7 Å². The van der Waals surface area contributed by atoms with E-state index in [9.17, 15) is 4.39 Å². The molecule has 6 aliphatic rings. The zero-order chi connectivity index (χ0) is 62.3. The van der Waals surface area contributed by atoms with E-state index in [1.54, 1.807) is 18.7 Å². The van der Waals surface area contributed by atoms with E-state index < -0.39 is 0 Å². The summed E-state index contributed by atoms with van der Waals surface area (Å²) >= 11 is 0. The van der Waals surface area contributed by atoms with E-state index in [0.717, 1.165) is 106 Å². The van der Waals surface area contributed by atoms with Gasteiger partial charge in [0.25, 0.3) is 0 Å². The fraction of sp³-hybridized carbons (Fsp3) is 0.753. The molecule has 0 radical (unpaired) electrons. The third kappa shape index (κ3) is 33.2. The molecule has 84 heavy (non-hydrogen) atoms. The summed E-state index contributed by atoms with van der Waals surface area (Å²) in [6.45, 7) is 54.0. The first-order valence-corrected chi connectivity index (χ1v) is 34.8. The van der Waals surface area contributed by atoms with Crippen molar-refractivity contribution in [3.05, 3.63) is 89.2 Å². The maximum Gasteiger partial charge on any atom is 0.146 e. The van der Waals surface area contributed by atoms with Crippen molar-refractivity contribution in [2.75, 3.05) is 168 Å². The number of likely N-dealkylation sites (tertiary alicyclic amines) is 2. The Kier molecular flexibility index (Phi) is 47.5. The number of hydrogen-bond acceptors (Lipinski definition) is 10. The van der Waals surface area contributed by atoms with E-state index in [2.05, 4.69) is 150 Å². The highest BCUT2D eigenvalue weighted by atomic mass is 19.1. The van der Waals surface area contributed by atoms with Crippen molar-refractivity contribution in [3.63, 3.8) is 0 Å². The molecule has 0 aliphatic carbocycles. The summed E-state index contributed by atoms with van der Waals surface area (Å²) in [6, 6.07) is 23.1. The molecule has 0 saturated carbocycles. The highest BCUT2D eigenvalue weighted by Gasteiger charge is 2.26. The third-order valence-corrected chi connectivity index (χ3v) is 16.9. The normalized spacial score (nSPS) is 18.8. The predicted molar refractivity (Wildman–Crippen MR) is 371 cm³/mol. The summed E-state index contributed by atoms with van der Waals surface area (Å²) in [5, 5.41) is 6.74. The number of nitrogens with zero attached hydrogens (tertiary/aromatic N) is 7. The Morgan fingerprint density at radius 3 is 1.46 bits per heavy atom. The molecule has 9 rings (SSSR count). The molecule has 0 aromatic heterocycles. The zero-order valence-corrected chi connectivity index (χ0v) is 58.1. The summed E-state index contributed by atoms with van der Waals surface area (Å²) in [4.78, 5) is 17.3. The Morgan fingerprint density at radius 2 is 0.988 bits per heavy atom. The van der Waals surface area contributed by atoms with Crippen LogP contribution in [0.4, 0.5) is 15.8 Å².